The summed E-state index contributed by atoms with van der Waals surface area (Å²) in [5.41, 5.74) is 6.51. The molecule has 7 atom stereocenters. The Morgan fingerprint density at radius 1 is 0.857 bits per heavy atom. The summed E-state index contributed by atoms with van der Waals surface area (Å²) in [6.45, 7) is 11.8. The number of ether oxygens (including phenoxy) is 4. The van der Waals surface area contributed by atoms with E-state index in [0.29, 0.717) is 44.4 Å². The van der Waals surface area contributed by atoms with Crippen molar-refractivity contribution in [3.63, 3.8) is 0 Å². The predicted molar refractivity (Wildman–Crippen MR) is 237 cm³/mol. The zero-order valence-corrected chi connectivity index (χ0v) is 37.2. The number of nitrogens with one attached hydrogen (secondary N) is 4. The molecule has 3 aliphatic rings. The number of aromatic amines is 2. The Hall–Kier alpha value is -6.16. The number of H-pyrrole nitrogens is 2. The lowest BCUT2D eigenvalue weighted by atomic mass is 9.92. The molecule has 4 amide bonds. The number of nitrogens with zero attached hydrogens (tertiary/aromatic N) is 4. The van der Waals surface area contributed by atoms with Crippen LogP contribution in [0, 0.1) is 23.7 Å². The SMILES string of the molecule is CC[C@@H](C)[C@H](NC(=O)OC)C(=O)N1C[C@@H](C)C[C@H]1c1ncc(-c2ccc3c(c2)COc2cc4c(ccc5[nH]c([C@@H]6C[C@H](COC)CN6C(=O)[C@@H](NC(=O)OC)C(C)C)nc54)cc2-3)[nH]1. The Balaban J connectivity index is 1.05. The summed E-state index contributed by atoms with van der Waals surface area (Å²) >= 11 is 0. The number of hydrogen-bond acceptors (Lipinski definition) is 10. The van der Waals surface area contributed by atoms with Gasteiger partial charge in [0.05, 0.1) is 55.8 Å². The van der Waals surface area contributed by atoms with Crippen LogP contribution in [-0.2, 0) is 30.4 Å². The molecule has 0 aliphatic carbocycles. The Morgan fingerprint density at radius 2 is 1.57 bits per heavy atom. The van der Waals surface area contributed by atoms with E-state index in [1.807, 2.05) is 49.8 Å². The second-order valence-electron chi connectivity index (χ2n) is 17.8. The second-order valence-corrected chi connectivity index (χ2v) is 17.8. The van der Waals surface area contributed by atoms with E-state index in [9.17, 15) is 19.2 Å². The fourth-order valence-electron chi connectivity index (χ4n) is 9.54. The Kier molecular flexibility index (Phi) is 12.4. The van der Waals surface area contributed by atoms with Crippen molar-refractivity contribution in [1.82, 2.24) is 40.4 Å². The monoisotopic (exact) mass is 862 g/mol. The van der Waals surface area contributed by atoms with Crippen LogP contribution < -0.4 is 15.4 Å². The summed E-state index contributed by atoms with van der Waals surface area (Å²) < 4.78 is 21.6. The normalized spacial score (nSPS) is 20.8. The van der Waals surface area contributed by atoms with Gasteiger partial charge in [0.2, 0.25) is 11.8 Å². The molecule has 2 fully saturated rings. The highest BCUT2D eigenvalue weighted by Crippen LogP contribution is 2.44. The van der Waals surface area contributed by atoms with Gasteiger partial charge in [0.25, 0.3) is 0 Å². The van der Waals surface area contributed by atoms with Gasteiger partial charge in [-0.15, -0.1) is 0 Å². The van der Waals surface area contributed by atoms with Crippen molar-refractivity contribution < 1.29 is 38.1 Å². The van der Waals surface area contributed by atoms with Crippen LogP contribution in [0.5, 0.6) is 5.75 Å². The zero-order chi connectivity index (χ0) is 44.7. The topological polar surface area (TPSA) is 193 Å². The minimum Gasteiger partial charge on any atom is -0.488 e. The molecule has 2 aromatic heterocycles. The molecule has 8 rings (SSSR count). The molecule has 0 spiro atoms. The third kappa shape index (κ3) is 8.40. The van der Waals surface area contributed by atoms with Gasteiger partial charge in [-0.05, 0) is 76.9 Å². The molecule has 3 aromatic carbocycles. The molecule has 16 heteroatoms. The average Bonchev–Trinajstić information content (AvgIpc) is 4.11. The predicted octanol–water partition coefficient (Wildman–Crippen LogP) is 7.26. The largest absolute Gasteiger partial charge is 0.488 e. The molecule has 2 saturated heterocycles. The first-order valence-electron chi connectivity index (χ1n) is 21.9. The maximum atomic E-state index is 14.1. The van der Waals surface area contributed by atoms with Gasteiger partial charge in [0.15, 0.2) is 0 Å². The minimum absolute atomic E-state index is 0.0791. The number of imidazole rings is 2. The molecule has 0 saturated carbocycles. The molecule has 16 nitrogen and oxygen atoms in total. The maximum Gasteiger partial charge on any atom is 0.407 e. The number of methoxy groups -OCH3 is 3. The summed E-state index contributed by atoms with van der Waals surface area (Å²) in [5, 5.41) is 7.43. The summed E-state index contributed by atoms with van der Waals surface area (Å²) in [7, 11) is 4.25. The highest BCUT2D eigenvalue weighted by atomic mass is 16.5. The van der Waals surface area contributed by atoms with Crippen molar-refractivity contribution in [2.45, 2.75) is 84.7 Å². The number of rotatable bonds is 12. The van der Waals surface area contributed by atoms with E-state index in [-0.39, 0.29) is 47.6 Å². The molecule has 3 aliphatic heterocycles. The number of fused-ring (bicyclic) bond motifs is 6. The summed E-state index contributed by atoms with van der Waals surface area (Å²) in [5.74, 6) is 1.93. The number of amides is 4. The summed E-state index contributed by atoms with van der Waals surface area (Å²) in [6, 6.07) is 12.5. The van der Waals surface area contributed by atoms with Gasteiger partial charge in [-0.3, -0.25) is 9.59 Å². The van der Waals surface area contributed by atoms with Crippen LogP contribution in [0.25, 0.3) is 44.2 Å². The molecule has 4 N–H and O–H groups in total. The number of likely N-dealkylation sites (tertiary alicyclic amines) is 2. The van der Waals surface area contributed by atoms with Crippen molar-refractivity contribution in [1.29, 1.82) is 0 Å². The number of alkyl carbamates (subject to hydrolysis) is 2. The van der Waals surface area contributed by atoms with Crippen molar-refractivity contribution in [2.24, 2.45) is 23.7 Å². The van der Waals surface area contributed by atoms with Crippen molar-refractivity contribution in [3.8, 4) is 28.1 Å². The van der Waals surface area contributed by atoms with Gasteiger partial charge < -0.3 is 49.3 Å². The van der Waals surface area contributed by atoms with Gasteiger partial charge in [-0.2, -0.15) is 0 Å². The average molecular weight is 863 g/mol. The first-order chi connectivity index (χ1) is 30.3. The quantitative estimate of drug-likeness (QED) is 0.0992. The van der Waals surface area contributed by atoms with E-state index in [2.05, 4.69) is 63.9 Å². The summed E-state index contributed by atoms with van der Waals surface area (Å²) in [4.78, 5) is 73.1. The maximum absolute atomic E-state index is 14.1. The van der Waals surface area contributed by atoms with Gasteiger partial charge in [-0.25, -0.2) is 19.6 Å². The van der Waals surface area contributed by atoms with Gasteiger partial charge in [0.1, 0.15) is 36.1 Å². The standard InChI is InChI=1S/C47H58N8O8/c1-9-26(5)40(53-47(59)62-8)45(57)54-20-25(4)14-36(54)42-48-19-35(50-42)29-10-12-31-30(16-29)23-63-38-18-32-28(17-33(31)38)11-13-34-41(32)51-43(49-34)37-15-27(22-60-6)21-55(37)44(56)39(24(2)3)52-46(58)61-7/h10-13,16-19,24-27,36-37,39-40H,9,14-15,20-23H2,1-8H3,(H,48,50)(H,49,51)(H,52,58)(H,53,59)/t25-,26+,27-,36-,37-,39-,40-/m0/s1. The van der Waals surface area contributed by atoms with Crippen LogP contribution >= 0.6 is 0 Å². The number of hydrogen-bond donors (Lipinski definition) is 4. The molecule has 63 heavy (non-hydrogen) atoms. The van der Waals surface area contributed by atoms with Crippen molar-refractivity contribution >= 4 is 45.8 Å². The molecule has 0 radical (unpaired) electrons. The van der Waals surface area contributed by atoms with Crippen molar-refractivity contribution in [2.75, 3.05) is 41.0 Å². The van der Waals surface area contributed by atoms with Crippen LogP contribution in [0.1, 0.15) is 83.2 Å². The Bertz CT molecular complexity index is 2530. The lowest BCUT2D eigenvalue weighted by Crippen LogP contribution is -2.51. The van der Waals surface area contributed by atoms with E-state index < -0.39 is 24.3 Å². The molecular formula is C47H58N8O8. The first-order valence-corrected chi connectivity index (χ1v) is 21.9. The minimum atomic E-state index is -0.762. The smallest absolute Gasteiger partial charge is 0.407 e. The van der Waals surface area contributed by atoms with E-state index in [0.717, 1.165) is 68.3 Å². The van der Waals surface area contributed by atoms with E-state index in [1.54, 1.807) is 7.11 Å². The van der Waals surface area contributed by atoms with Gasteiger partial charge >= 0.3 is 12.2 Å². The lowest BCUT2D eigenvalue weighted by Gasteiger charge is -2.30. The third-order valence-electron chi connectivity index (χ3n) is 13.1. The molecule has 0 bridgehead atoms. The number of carbonyl (C=O) groups excluding carboxylic acids is 4. The molecule has 5 heterocycles. The van der Waals surface area contributed by atoms with Gasteiger partial charge in [-0.1, -0.05) is 59.2 Å². The number of benzene rings is 3. The van der Waals surface area contributed by atoms with Crippen molar-refractivity contribution in [3.05, 3.63) is 65.9 Å². The first kappa shape index (κ1) is 43.5. The lowest BCUT2D eigenvalue weighted by molar-refractivity contribution is -0.136. The van der Waals surface area contributed by atoms with E-state index in [4.69, 9.17) is 28.9 Å². The number of carbonyl (C=O) groups is 4. The van der Waals surface area contributed by atoms with Crippen LogP contribution in [-0.4, -0.2) is 107 Å². The van der Waals surface area contributed by atoms with Crippen LogP contribution in [0.15, 0.2) is 48.7 Å². The molecule has 334 valence electrons. The van der Waals surface area contributed by atoms with Crippen LogP contribution in [0.3, 0.4) is 0 Å². The fourth-order valence-corrected chi connectivity index (χ4v) is 9.54. The third-order valence-corrected chi connectivity index (χ3v) is 13.1. The number of aromatic nitrogens is 4. The van der Waals surface area contributed by atoms with E-state index >= 15 is 0 Å². The fraction of sp³-hybridized carbons (Fsp3) is 0.489. The summed E-state index contributed by atoms with van der Waals surface area (Å²) in [6.07, 6.45) is 2.67. The Morgan fingerprint density at radius 3 is 2.29 bits per heavy atom. The molecule has 5 aromatic rings. The molecular weight excluding hydrogens is 805 g/mol. The van der Waals surface area contributed by atoms with Crippen LogP contribution in [0.4, 0.5) is 9.59 Å². The van der Waals surface area contributed by atoms with Gasteiger partial charge in [0, 0.05) is 37.1 Å². The highest BCUT2D eigenvalue weighted by Gasteiger charge is 2.43. The zero-order valence-electron chi connectivity index (χ0n) is 37.2. The Labute approximate surface area is 366 Å². The molecule has 0 unspecified atom stereocenters. The van der Waals surface area contributed by atoms with E-state index in [1.165, 1.54) is 14.2 Å². The second kappa shape index (κ2) is 17.9. The van der Waals surface area contributed by atoms with Crippen LogP contribution in [0.2, 0.25) is 0 Å². The highest BCUT2D eigenvalue weighted by molar-refractivity contribution is 6.07.